The highest BCUT2D eigenvalue weighted by atomic mass is 35.5. The third kappa shape index (κ3) is 3.63. The molecule has 0 spiro atoms. The number of tetrazole rings is 1. The van der Waals surface area contributed by atoms with E-state index in [-0.39, 0.29) is 0 Å². The lowest BCUT2D eigenvalue weighted by Crippen LogP contribution is -2.21. The van der Waals surface area contributed by atoms with Crippen LogP contribution in [0.15, 0.2) is 18.2 Å². The van der Waals surface area contributed by atoms with Crippen LogP contribution in [-0.4, -0.2) is 40.5 Å². The van der Waals surface area contributed by atoms with Gasteiger partial charge in [0.1, 0.15) is 0 Å². The van der Waals surface area contributed by atoms with Crippen LogP contribution < -0.4 is 5.32 Å². The first-order chi connectivity index (χ1) is 9.22. The largest absolute Gasteiger partial charge is 0.383 e. The molecular formula is C11H13Cl2N5O. The van der Waals surface area contributed by atoms with Gasteiger partial charge in [0.25, 0.3) is 0 Å². The molecule has 2 aromatic rings. The lowest BCUT2D eigenvalue weighted by atomic mass is 10.3. The molecule has 0 aliphatic rings. The van der Waals surface area contributed by atoms with Gasteiger partial charge in [-0.25, -0.2) is 0 Å². The van der Waals surface area contributed by atoms with E-state index in [1.165, 1.54) is 0 Å². The number of benzene rings is 1. The van der Waals surface area contributed by atoms with E-state index in [1.807, 2.05) is 0 Å². The lowest BCUT2D eigenvalue weighted by Gasteiger charge is -2.07. The SMILES string of the molecule is COCCNCc1nnnn1-c1ccc(Cl)cc1Cl. The first-order valence-electron chi connectivity index (χ1n) is 5.64. The number of nitrogens with zero attached hydrogens (tertiary/aromatic N) is 4. The number of halogens is 2. The number of hydrogen-bond acceptors (Lipinski definition) is 5. The molecule has 19 heavy (non-hydrogen) atoms. The van der Waals surface area contributed by atoms with Gasteiger partial charge in [-0.2, -0.15) is 4.68 Å². The smallest absolute Gasteiger partial charge is 0.170 e. The molecule has 6 nitrogen and oxygen atoms in total. The van der Waals surface area contributed by atoms with Crippen molar-refractivity contribution >= 4 is 23.2 Å². The summed E-state index contributed by atoms with van der Waals surface area (Å²) in [5.74, 6) is 0.667. The van der Waals surface area contributed by atoms with Crippen molar-refractivity contribution in [1.29, 1.82) is 0 Å². The van der Waals surface area contributed by atoms with Gasteiger partial charge in [0, 0.05) is 18.7 Å². The molecule has 0 radical (unpaired) electrons. The van der Waals surface area contributed by atoms with Crippen molar-refractivity contribution in [2.24, 2.45) is 0 Å². The first-order valence-corrected chi connectivity index (χ1v) is 6.40. The molecule has 0 saturated heterocycles. The fourth-order valence-corrected chi connectivity index (χ4v) is 2.02. The molecule has 0 aliphatic heterocycles. The average molecular weight is 302 g/mol. The Hall–Kier alpha value is -1.21. The number of methoxy groups -OCH3 is 1. The van der Waals surface area contributed by atoms with Crippen LogP contribution in [0, 0.1) is 0 Å². The maximum absolute atomic E-state index is 6.14. The standard InChI is InChI=1S/C11H13Cl2N5O/c1-19-5-4-14-7-11-15-16-17-18(11)10-3-2-8(12)6-9(10)13/h2-3,6,14H,4-5,7H2,1H3. The van der Waals surface area contributed by atoms with Gasteiger partial charge in [-0.05, 0) is 28.6 Å². The molecule has 1 N–H and O–H groups in total. The van der Waals surface area contributed by atoms with E-state index in [2.05, 4.69) is 20.8 Å². The molecule has 0 aliphatic carbocycles. The summed E-state index contributed by atoms with van der Waals surface area (Å²) < 4.78 is 6.53. The van der Waals surface area contributed by atoms with Crippen LogP contribution in [0.3, 0.4) is 0 Å². The summed E-state index contributed by atoms with van der Waals surface area (Å²) >= 11 is 12.0. The average Bonchev–Trinajstić information content (AvgIpc) is 2.83. The Bertz CT molecular complexity index is 546. The van der Waals surface area contributed by atoms with Gasteiger partial charge in [0.05, 0.1) is 23.9 Å². The Labute approximate surface area is 120 Å². The quantitative estimate of drug-likeness (QED) is 0.823. The summed E-state index contributed by atoms with van der Waals surface area (Å²) in [4.78, 5) is 0. The van der Waals surface area contributed by atoms with E-state index in [1.54, 1.807) is 30.0 Å². The normalized spacial score (nSPS) is 10.9. The van der Waals surface area contributed by atoms with E-state index in [4.69, 9.17) is 27.9 Å². The van der Waals surface area contributed by atoms with Gasteiger partial charge in [0.15, 0.2) is 5.82 Å². The van der Waals surface area contributed by atoms with Gasteiger partial charge in [0.2, 0.25) is 0 Å². The molecule has 0 unspecified atom stereocenters. The van der Waals surface area contributed by atoms with Gasteiger partial charge in [-0.3, -0.25) is 0 Å². The highest BCUT2D eigenvalue weighted by Gasteiger charge is 2.11. The summed E-state index contributed by atoms with van der Waals surface area (Å²) in [6.07, 6.45) is 0. The molecule has 0 fully saturated rings. The van der Waals surface area contributed by atoms with Crippen LogP contribution in [-0.2, 0) is 11.3 Å². The molecule has 0 atom stereocenters. The zero-order valence-electron chi connectivity index (χ0n) is 10.3. The molecule has 1 aromatic carbocycles. The summed E-state index contributed by atoms with van der Waals surface area (Å²) in [7, 11) is 1.65. The van der Waals surface area contributed by atoms with E-state index in [0.29, 0.717) is 34.7 Å². The monoisotopic (exact) mass is 301 g/mol. The number of rotatable bonds is 6. The van der Waals surface area contributed by atoms with Crippen molar-refractivity contribution in [2.75, 3.05) is 20.3 Å². The predicted molar refractivity (Wildman–Crippen MR) is 72.8 cm³/mol. The van der Waals surface area contributed by atoms with E-state index in [0.717, 1.165) is 6.54 Å². The summed E-state index contributed by atoms with van der Waals surface area (Å²) in [5, 5.41) is 15.8. The minimum Gasteiger partial charge on any atom is -0.383 e. The van der Waals surface area contributed by atoms with Gasteiger partial charge in [-0.1, -0.05) is 23.2 Å². The third-order valence-corrected chi connectivity index (χ3v) is 2.98. The maximum Gasteiger partial charge on any atom is 0.170 e. The summed E-state index contributed by atoms with van der Waals surface area (Å²) in [5.41, 5.74) is 0.694. The van der Waals surface area contributed by atoms with Crippen LogP contribution in [0.5, 0.6) is 0 Å². The molecule has 1 heterocycles. The topological polar surface area (TPSA) is 64.9 Å². The Morgan fingerprint density at radius 3 is 2.95 bits per heavy atom. The van der Waals surface area contributed by atoms with Gasteiger partial charge >= 0.3 is 0 Å². The predicted octanol–water partition coefficient (Wildman–Crippen LogP) is 1.71. The second-order valence-electron chi connectivity index (χ2n) is 3.77. The van der Waals surface area contributed by atoms with Gasteiger partial charge in [-0.15, -0.1) is 5.10 Å². The molecule has 0 amide bonds. The fraction of sp³-hybridized carbons (Fsp3) is 0.364. The van der Waals surface area contributed by atoms with Crippen molar-refractivity contribution in [3.8, 4) is 5.69 Å². The van der Waals surface area contributed by atoms with Crippen LogP contribution in [0.4, 0.5) is 0 Å². The Balaban J connectivity index is 2.14. The number of hydrogen-bond donors (Lipinski definition) is 1. The highest BCUT2D eigenvalue weighted by molar-refractivity contribution is 6.35. The zero-order chi connectivity index (χ0) is 13.7. The van der Waals surface area contributed by atoms with Crippen LogP contribution in [0.2, 0.25) is 10.0 Å². The van der Waals surface area contributed by atoms with Crippen LogP contribution in [0.25, 0.3) is 5.69 Å². The van der Waals surface area contributed by atoms with Crippen molar-refractivity contribution in [3.05, 3.63) is 34.1 Å². The molecule has 1 aromatic heterocycles. The number of nitrogens with one attached hydrogen (secondary N) is 1. The minimum absolute atomic E-state index is 0.498. The van der Waals surface area contributed by atoms with E-state index < -0.39 is 0 Å². The fourth-order valence-electron chi connectivity index (χ4n) is 1.53. The third-order valence-electron chi connectivity index (χ3n) is 2.44. The second kappa shape index (κ2) is 6.81. The Morgan fingerprint density at radius 2 is 2.21 bits per heavy atom. The van der Waals surface area contributed by atoms with Crippen LogP contribution in [0.1, 0.15) is 5.82 Å². The van der Waals surface area contributed by atoms with E-state index in [9.17, 15) is 0 Å². The Morgan fingerprint density at radius 1 is 1.37 bits per heavy atom. The van der Waals surface area contributed by atoms with Crippen molar-refractivity contribution < 1.29 is 4.74 Å². The minimum atomic E-state index is 0.498. The Kier molecular flexibility index (Phi) is 5.09. The lowest BCUT2D eigenvalue weighted by molar-refractivity contribution is 0.199. The first kappa shape index (κ1) is 14.2. The van der Waals surface area contributed by atoms with Crippen LogP contribution >= 0.6 is 23.2 Å². The molecule has 102 valence electrons. The molecular weight excluding hydrogens is 289 g/mol. The van der Waals surface area contributed by atoms with Gasteiger partial charge < -0.3 is 10.1 Å². The van der Waals surface area contributed by atoms with Crippen molar-refractivity contribution in [1.82, 2.24) is 25.5 Å². The molecule has 0 saturated carbocycles. The summed E-state index contributed by atoms with van der Waals surface area (Å²) in [6.45, 7) is 1.87. The van der Waals surface area contributed by atoms with E-state index >= 15 is 0 Å². The second-order valence-corrected chi connectivity index (χ2v) is 4.62. The van der Waals surface area contributed by atoms with Crippen molar-refractivity contribution in [3.63, 3.8) is 0 Å². The molecule has 2 rings (SSSR count). The van der Waals surface area contributed by atoms with Crippen molar-refractivity contribution in [2.45, 2.75) is 6.54 Å². The number of ether oxygens (including phenoxy) is 1. The highest BCUT2D eigenvalue weighted by Crippen LogP contribution is 2.24. The maximum atomic E-state index is 6.14. The number of aromatic nitrogens is 4. The zero-order valence-corrected chi connectivity index (χ0v) is 11.8. The summed E-state index contributed by atoms with van der Waals surface area (Å²) in [6, 6.07) is 5.18. The molecule has 0 bridgehead atoms. The molecule has 8 heteroatoms.